The molecule has 0 unspecified atom stereocenters. The molecule has 2 rings (SSSR count). The van der Waals surface area contributed by atoms with Crippen molar-refractivity contribution in [3.63, 3.8) is 0 Å². The summed E-state index contributed by atoms with van der Waals surface area (Å²) in [4.78, 5) is 10.3. The first-order valence-corrected chi connectivity index (χ1v) is 6.32. The van der Waals surface area contributed by atoms with Gasteiger partial charge in [0.25, 0.3) is 0 Å². The van der Waals surface area contributed by atoms with E-state index in [4.69, 9.17) is 11.5 Å². The van der Waals surface area contributed by atoms with E-state index >= 15 is 0 Å². The number of benzene rings is 1. The van der Waals surface area contributed by atoms with Gasteiger partial charge in [-0.3, -0.25) is 4.90 Å². The highest BCUT2D eigenvalue weighted by Crippen LogP contribution is 2.13. The van der Waals surface area contributed by atoms with E-state index < -0.39 is 0 Å². The molecule has 0 aliphatic carbocycles. The largest absolute Gasteiger partial charge is 0.383 e. The molecule has 5 heteroatoms. The van der Waals surface area contributed by atoms with Crippen molar-refractivity contribution in [2.75, 3.05) is 18.0 Å². The maximum Gasteiger partial charge on any atom is 0.221 e. The molecule has 0 bridgehead atoms. The first-order valence-electron chi connectivity index (χ1n) is 6.32. The molecule has 19 heavy (non-hydrogen) atoms. The standard InChI is InChI=1S/C14H19N5/c1-2-19(9-11-6-4-3-5-7-11)10-12-8-17-14(16)18-13(12)15/h3-8H,2,9-10H2,1H3,(H4,15,16,17,18). The molecular formula is C14H19N5. The fourth-order valence-electron chi connectivity index (χ4n) is 1.92. The van der Waals surface area contributed by atoms with Crippen LogP contribution in [-0.2, 0) is 13.1 Å². The average molecular weight is 257 g/mol. The number of hydrogen-bond donors (Lipinski definition) is 2. The Labute approximate surface area is 113 Å². The van der Waals surface area contributed by atoms with E-state index in [1.165, 1.54) is 5.56 Å². The molecule has 1 heterocycles. The van der Waals surface area contributed by atoms with Crippen LogP contribution in [0.2, 0.25) is 0 Å². The highest BCUT2D eigenvalue weighted by atomic mass is 15.1. The van der Waals surface area contributed by atoms with Crippen molar-refractivity contribution in [1.82, 2.24) is 14.9 Å². The van der Waals surface area contributed by atoms with Crippen LogP contribution in [0, 0.1) is 0 Å². The lowest BCUT2D eigenvalue weighted by molar-refractivity contribution is 0.271. The molecule has 0 amide bonds. The van der Waals surface area contributed by atoms with Gasteiger partial charge < -0.3 is 11.5 Å². The second-order valence-electron chi connectivity index (χ2n) is 4.43. The first-order chi connectivity index (χ1) is 9.19. The average Bonchev–Trinajstić information content (AvgIpc) is 2.42. The summed E-state index contributed by atoms with van der Waals surface area (Å²) in [5.41, 5.74) is 13.5. The second kappa shape index (κ2) is 6.15. The van der Waals surface area contributed by atoms with Gasteiger partial charge in [0, 0.05) is 24.8 Å². The van der Waals surface area contributed by atoms with Crippen LogP contribution >= 0.6 is 0 Å². The fourth-order valence-corrected chi connectivity index (χ4v) is 1.92. The molecule has 0 aliphatic rings. The Morgan fingerprint density at radius 2 is 1.84 bits per heavy atom. The SMILES string of the molecule is CCN(Cc1ccccc1)Cc1cnc(N)nc1N. The van der Waals surface area contributed by atoms with Crippen LogP contribution in [0.5, 0.6) is 0 Å². The summed E-state index contributed by atoms with van der Waals surface area (Å²) in [6.07, 6.45) is 1.70. The monoisotopic (exact) mass is 257 g/mol. The quantitative estimate of drug-likeness (QED) is 0.851. The maximum atomic E-state index is 5.86. The van der Waals surface area contributed by atoms with E-state index in [1.807, 2.05) is 18.2 Å². The number of hydrogen-bond acceptors (Lipinski definition) is 5. The summed E-state index contributed by atoms with van der Waals surface area (Å²) < 4.78 is 0. The highest BCUT2D eigenvalue weighted by molar-refractivity contribution is 5.41. The van der Waals surface area contributed by atoms with Gasteiger partial charge in [0.05, 0.1) is 0 Å². The second-order valence-corrected chi connectivity index (χ2v) is 4.43. The molecule has 1 aromatic heterocycles. The molecule has 0 saturated carbocycles. The maximum absolute atomic E-state index is 5.86. The van der Waals surface area contributed by atoms with E-state index in [1.54, 1.807) is 6.20 Å². The first kappa shape index (κ1) is 13.3. The summed E-state index contributed by atoms with van der Waals surface area (Å²) in [6, 6.07) is 10.3. The molecule has 0 fully saturated rings. The smallest absolute Gasteiger partial charge is 0.221 e. The number of aromatic nitrogens is 2. The summed E-state index contributed by atoms with van der Waals surface area (Å²) in [7, 11) is 0. The molecule has 0 spiro atoms. The molecule has 5 nitrogen and oxygen atoms in total. The van der Waals surface area contributed by atoms with E-state index in [-0.39, 0.29) is 5.95 Å². The Balaban J connectivity index is 2.06. The number of nitrogens with zero attached hydrogens (tertiary/aromatic N) is 3. The van der Waals surface area contributed by atoms with Crippen molar-refractivity contribution in [2.24, 2.45) is 0 Å². The molecule has 0 radical (unpaired) electrons. The van der Waals surface area contributed by atoms with Gasteiger partial charge in [-0.2, -0.15) is 4.98 Å². The minimum absolute atomic E-state index is 0.215. The molecular weight excluding hydrogens is 238 g/mol. The van der Waals surface area contributed by atoms with E-state index in [0.717, 1.165) is 25.2 Å². The molecule has 1 aromatic carbocycles. The summed E-state index contributed by atoms with van der Waals surface area (Å²) >= 11 is 0. The summed E-state index contributed by atoms with van der Waals surface area (Å²) in [5, 5.41) is 0. The Kier molecular flexibility index (Phi) is 4.30. The molecule has 0 saturated heterocycles. The molecule has 0 atom stereocenters. The Hall–Kier alpha value is -2.14. The zero-order valence-electron chi connectivity index (χ0n) is 11.1. The van der Waals surface area contributed by atoms with Crippen molar-refractivity contribution >= 4 is 11.8 Å². The van der Waals surface area contributed by atoms with Crippen LogP contribution in [-0.4, -0.2) is 21.4 Å². The topological polar surface area (TPSA) is 81.1 Å². The van der Waals surface area contributed by atoms with Crippen LogP contribution in [0.15, 0.2) is 36.5 Å². The summed E-state index contributed by atoms with van der Waals surface area (Å²) in [5.74, 6) is 0.673. The zero-order valence-corrected chi connectivity index (χ0v) is 11.1. The van der Waals surface area contributed by atoms with Gasteiger partial charge in [-0.25, -0.2) is 4.98 Å². The fraction of sp³-hybridized carbons (Fsp3) is 0.286. The van der Waals surface area contributed by atoms with Crippen molar-refractivity contribution in [1.29, 1.82) is 0 Å². The van der Waals surface area contributed by atoms with Gasteiger partial charge in [0.1, 0.15) is 5.82 Å². The number of anilines is 2. The highest BCUT2D eigenvalue weighted by Gasteiger charge is 2.09. The van der Waals surface area contributed by atoms with Crippen molar-refractivity contribution < 1.29 is 0 Å². The Morgan fingerprint density at radius 3 is 2.47 bits per heavy atom. The van der Waals surface area contributed by atoms with Gasteiger partial charge in [-0.05, 0) is 12.1 Å². The molecule has 2 aromatic rings. The third kappa shape index (κ3) is 3.66. The predicted octanol–water partition coefficient (Wildman–Crippen LogP) is 1.66. The Morgan fingerprint density at radius 1 is 1.11 bits per heavy atom. The number of nitrogen functional groups attached to an aromatic ring is 2. The molecule has 100 valence electrons. The van der Waals surface area contributed by atoms with Crippen molar-refractivity contribution in [2.45, 2.75) is 20.0 Å². The predicted molar refractivity (Wildman–Crippen MR) is 77.1 cm³/mol. The van der Waals surface area contributed by atoms with Crippen LogP contribution in [0.25, 0.3) is 0 Å². The third-order valence-corrected chi connectivity index (χ3v) is 3.01. The van der Waals surface area contributed by atoms with Gasteiger partial charge in [-0.1, -0.05) is 37.3 Å². The lowest BCUT2D eigenvalue weighted by Crippen LogP contribution is -2.23. The lowest BCUT2D eigenvalue weighted by atomic mass is 10.2. The molecule has 0 aliphatic heterocycles. The van der Waals surface area contributed by atoms with E-state index in [2.05, 4.69) is 33.9 Å². The van der Waals surface area contributed by atoms with E-state index in [9.17, 15) is 0 Å². The minimum Gasteiger partial charge on any atom is -0.383 e. The van der Waals surface area contributed by atoms with Gasteiger partial charge >= 0.3 is 0 Å². The van der Waals surface area contributed by atoms with E-state index in [0.29, 0.717) is 5.82 Å². The zero-order chi connectivity index (χ0) is 13.7. The van der Waals surface area contributed by atoms with Crippen LogP contribution < -0.4 is 11.5 Å². The van der Waals surface area contributed by atoms with Gasteiger partial charge in [0.15, 0.2) is 0 Å². The Bertz CT molecular complexity index is 527. The number of rotatable bonds is 5. The van der Waals surface area contributed by atoms with Crippen molar-refractivity contribution in [3.05, 3.63) is 47.7 Å². The minimum atomic E-state index is 0.215. The van der Waals surface area contributed by atoms with Crippen LogP contribution in [0.1, 0.15) is 18.1 Å². The lowest BCUT2D eigenvalue weighted by Gasteiger charge is -2.21. The van der Waals surface area contributed by atoms with Crippen LogP contribution in [0.4, 0.5) is 11.8 Å². The van der Waals surface area contributed by atoms with Gasteiger partial charge in [-0.15, -0.1) is 0 Å². The summed E-state index contributed by atoms with van der Waals surface area (Å²) in [6.45, 7) is 4.65. The normalized spacial score (nSPS) is 10.8. The van der Waals surface area contributed by atoms with Gasteiger partial charge in [0.2, 0.25) is 5.95 Å². The third-order valence-electron chi connectivity index (χ3n) is 3.01. The molecule has 4 N–H and O–H groups in total. The van der Waals surface area contributed by atoms with Crippen molar-refractivity contribution in [3.8, 4) is 0 Å². The van der Waals surface area contributed by atoms with Crippen LogP contribution in [0.3, 0.4) is 0 Å². The number of nitrogens with two attached hydrogens (primary N) is 2.